The maximum atomic E-state index is 5.26. The summed E-state index contributed by atoms with van der Waals surface area (Å²) in [7, 11) is 0. The Bertz CT molecular complexity index is 3150. The molecule has 1 saturated heterocycles. The van der Waals surface area contributed by atoms with E-state index in [0.717, 1.165) is 47.2 Å². The molecule has 0 unspecified atom stereocenters. The molecule has 6 heteroatoms. The van der Waals surface area contributed by atoms with Crippen LogP contribution in [0.4, 0.5) is 11.4 Å². The van der Waals surface area contributed by atoms with Gasteiger partial charge in [0.15, 0.2) is 0 Å². The number of hydrogen-bond donors (Lipinski definition) is 0. The van der Waals surface area contributed by atoms with Crippen molar-refractivity contribution in [1.82, 2.24) is 9.97 Å². The largest absolute Gasteiger partial charge is 0.368 e. The van der Waals surface area contributed by atoms with Crippen molar-refractivity contribution < 1.29 is 0 Å². The monoisotopic (exact) mass is 1240 g/mol. The SMILES string of the molecule is CCCCCCCCCCC1(CCCCCCCCCC)c2cc(-c3nc4ccccc4s3)ccc2-c2ccc(N3CCN(c4ccc5c(c4)C(CCCCCCCCCC)(CCCCCCCCCC)c4cc(-c6nc7ccccc7s6)ccc4-5)CC3)cc21. The van der Waals surface area contributed by atoms with E-state index in [1.807, 2.05) is 22.7 Å². The fourth-order valence-electron chi connectivity index (χ4n) is 16.4. The zero-order valence-corrected chi connectivity index (χ0v) is 58.1. The Hall–Kier alpha value is -5.30. The summed E-state index contributed by atoms with van der Waals surface area (Å²) in [4.78, 5) is 16.0. The van der Waals surface area contributed by atoms with Crippen molar-refractivity contribution in [2.45, 2.75) is 270 Å². The highest BCUT2D eigenvalue weighted by Gasteiger charge is 2.45. The van der Waals surface area contributed by atoms with Crippen LogP contribution in [0.1, 0.15) is 281 Å². The molecule has 3 heterocycles. The maximum Gasteiger partial charge on any atom is 0.124 e. The smallest absolute Gasteiger partial charge is 0.124 e. The van der Waals surface area contributed by atoms with Crippen LogP contribution in [0, 0.1) is 0 Å². The molecule has 0 atom stereocenters. The molecule has 0 amide bonds. The zero-order chi connectivity index (χ0) is 61.8. The van der Waals surface area contributed by atoms with Crippen LogP contribution in [0.2, 0.25) is 0 Å². The van der Waals surface area contributed by atoms with Gasteiger partial charge in [0.05, 0.1) is 20.4 Å². The molecule has 11 rings (SSSR count). The van der Waals surface area contributed by atoms with Gasteiger partial charge in [0.2, 0.25) is 0 Å². The number of anilines is 2. The fourth-order valence-corrected chi connectivity index (χ4v) is 18.3. The zero-order valence-electron chi connectivity index (χ0n) is 56.4. The minimum atomic E-state index is -0.00742. The van der Waals surface area contributed by atoms with Gasteiger partial charge in [-0.2, -0.15) is 0 Å². The molecule has 0 bridgehead atoms. The van der Waals surface area contributed by atoms with Gasteiger partial charge in [0.25, 0.3) is 0 Å². The van der Waals surface area contributed by atoms with Gasteiger partial charge < -0.3 is 9.80 Å². The van der Waals surface area contributed by atoms with Crippen molar-refractivity contribution in [3.63, 3.8) is 0 Å². The third kappa shape index (κ3) is 15.8. The van der Waals surface area contributed by atoms with E-state index in [9.17, 15) is 0 Å². The minimum absolute atomic E-state index is 0.00742. The molecule has 4 nitrogen and oxygen atoms in total. The van der Waals surface area contributed by atoms with Crippen LogP contribution in [0.15, 0.2) is 121 Å². The number of benzene rings is 6. The summed E-state index contributed by atoms with van der Waals surface area (Å²) in [6, 6.07) is 48.0. The molecule has 480 valence electrons. The number of thiazole rings is 2. The molecule has 8 aromatic rings. The topological polar surface area (TPSA) is 32.3 Å². The molecule has 3 aliphatic rings. The number of nitrogens with zero attached hydrogens (tertiary/aromatic N) is 4. The minimum Gasteiger partial charge on any atom is -0.368 e. The summed E-state index contributed by atoms with van der Waals surface area (Å²) >= 11 is 3.71. The molecule has 0 N–H and O–H groups in total. The summed E-state index contributed by atoms with van der Waals surface area (Å²) in [5, 5.41) is 2.31. The second-order valence-electron chi connectivity index (χ2n) is 28.0. The van der Waals surface area contributed by atoms with E-state index in [0.29, 0.717) is 0 Å². The number of rotatable bonds is 40. The Labute approximate surface area is 553 Å². The number of hydrogen-bond acceptors (Lipinski definition) is 6. The van der Waals surface area contributed by atoms with Crippen LogP contribution in [0.5, 0.6) is 0 Å². The third-order valence-electron chi connectivity index (χ3n) is 21.6. The normalized spacial score (nSPS) is 14.7. The molecule has 0 spiro atoms. The predicted molar refractivity (Wildman–Crippen MR) is 396 cm³/mol. The van der Waals surface area contributed by atoms with Crippen molar-refractivity contribution >= 4 is 54.5 Å². The maximum absolute atomic E-state index is 5.26. The molecule has 90 heavy (non-hydrogen) atoms. The van der Waals surface area contributed by atoms with Crippen molar-refractivity contribution in [2.24, 2.45) is 0 Å². The Morgan fingerprint density at radius 3 is 0.900 bits per heavy atom. The Kier molecular flexibility index (Phi) is 24.6. The standard InChI is InChI=1S/C84H112N4S2/c1-5-9-13-17-21-25-29-37-53-83(54-38-30-26-22-18-14-10-6-2)73-61-65(81-85-77-41-33-35-43-79(77)89-81)45-49-69(73)71-51-47-67(63-75(71)83)87-57-59-88(60-58-87)68-48-52-72-70-50-46-66(82-86-78-42-34-36-44-80(78)90-82)62-74(70)84(76(72)64-68,55-39-31-27-23-19-15-11-7-3)56-40-32-28-24-20-16-12-8-4/h33-36,41-52,61-64H,5-32,37-40,53-60H2,1-4H3. The van der Waals surface area contributed by atoms with Gasteiger partial charge in [-0.25, -0.2) is 9.97 Å². The highest BCUT2D eigenvalue weighted by Crippen LogP contribution is 2.58. The highest BCUT2D eigenvalue weighted by atomic mass is 32.1. The van der Waals surface area contributed by atoms with E-state index in [2.05, 4.69) is 159 Å². The first-order valence-corrected chi connectivity index (χ1v) is 38.9. The Morgan fingerprint density at radius 1 is 0.311 bits per heavy atom. The lowest BCUT2D eigenvalue weighted by Crippen LogP contribution is -2.46. The van der Waals surface area contributed by atoms with Crippen LogP contribution < -0.4 is 9.80 Å². The summed E-state index contributed by atoms with van der Waals surface area (Å²) in [5.41, 5.74) is 19.9. The second kappa shape index (κ2) is 33.5. The first kappa shape index (κ1) is 66.2. The van der Waals surface area contributed by atoms with E-state index in [1.165, 1.54) is 285 Å². The molecule has 6 aromatic carbocycles. The first-order chi connectivity index (χ1) is 44.5. The van der Waals surface area contributed by atoms with Gasteiger partial charge in [-0.05, 0) is 131 Å². The van der Waals surface area contributed by atoms with Gasteiger partial charge in [-0.3, -0.25) is 0 Å². The van der Waals surface area contributed by atoms with Gasteiger partial charge in [0, 0.05) is 59.5 Å². The highest BCUT2D eigenvalue weighted by molar-refractivity contribution is 7.22. The number of piperazine rings is 1. The molecule has 1 aliphatic heterocycles. The summed E-state index contributed by atoms with van der Waals surface area (Å²) < 4.78 is 2.55. The van der Waals surface area contributed by atoms with E-state index in [-0.39, 0.29) is 10.8 Å². The van der Waals surface area contributed by atoms with Crippen molar-refractivity contribution in [3.05, 3.63) is 144 Å². The third-order valence-corrected chi connectivity index (χ3v) is 23.8. The number of unbranched alkanes of at least 4 members (excludes halogenated alkanes) is 28. The average molecular weight is 1240 g/mol. The predicted octanol–water partition coefficient (Wildman–Crippen LogP) is 26.2. The van der Waals surface area contributed by atoms with Crippen molar-refractivity contribution in [3.8, 4) is 43.4 Å². The summed E-state index contributed by atoms with van der Waals surface area (Å²) in [5.74, 6) is 0. The average Bonchev–Trinajstić information content (AvgIpc) is 1.57. The molecule has 0 radical (unpaired) electrons. The van der Waals surface area contributed by atoms with E-state index < -0.39 is 0 Å². The quantitative estimate of drug-likeness (QED) is 0.0358. The second-order valence-corrected chi connectivity index (χ2v) is 30.1. The van der Waals surface area contributed by atoms with Crippen molar-refractivity contribution in [2.75, 3.05) is 36.0 Å². The van der Waals surface area contributed by atoms with Crippen LogP contribution in [0.25, 0.3) is 63.8 Å². The lowest BCUT2D eigenvalue weighted by Gasteiger charge is -2.39. The van der Waals surface area contributed by atoms with E-state index >= 15 is 0 Å². The van der Waals surface area contributed by atoms with Crippen LogP contribution in [-0.4, -0.2) is 36.1 Å². The lowest BCUT2D eigenvalue weighted by molar-refractivity contribution is 0.397. The number of para-hydroxylation sites is 2. The van der Waals surface area contributed by atoms with Crippen LogP contribution >= 0.6 is 22.7 Å². The van der Waals surface area contributed by atoms with Gasteiger partial charge >= 0.3 is 0 Å². The Balaban J connectivity index is 0.876. The molecular weight excluding hydrogens is 1130 g/mol. The van der Waals surface area contributed by atoms with Gasteiger partial charge in [-0.15, -0.1) is 22.7 Å². The van der Waals surface area contributed by atoms with Crippen LogP contribution in [0.3, 0.4) is 0 Å². The lowest BCUT2D eigenvalue weighted by atomic mass is 9.70. The molecule has 2 aliphatic carbocycles. The van der Waals surface area contributed by atoms with Crippen LogP contribution in [-0.2, 0) is 10.8 Å². The number of fused-ring (bicyclic) bond motifs is 8. The molecule has 2 aromatic heterocycles. The first-order valence-electron chi connectivity index (χ1n) is 37.3. The molecule has 1 fully saturated rings. The number of aromatic nitrogens is 2. The van der Waals surface area contributed by atoms with Gasteiger partial charge in [-0.1, -0.05) is 294 Å². The Morgan fingerprint density at radius 2 is 0.589 bits per heavy atom. The van der Waals surface area contributed by atoms with Crippen molar-refractivity contribution in [1.29, 1.82) is 0 Å². The molecule has 0 saturated carbocycles. The summed E-state index contributed by atoms with van der Waals surface area (Å²) in [6.07, 6.45) is 48.2. The fraction of sp³-hybridized carbons (Fsp3) is 0.548. The molecular formula is C84H112N4S2. The van der Waals surface area contributed by atoms with E-state index in [1.54, 1.807) is 22.3 Å². The van der Waals surface area contributed by atoms with Gasteiger partial charge in [0.1, 0.15) is 10.0 Å². The van der Waals surface area contributed by atoms with E-state index in [4.69, 9.17) is 9.97 Å². The summed E-state index contributed by atoms with van der Waals surface area (Å²) in [6.45, 7) is 13.5.